The summed E-state index contributed by atoms with van der Waals surface area (Å²) in [6.07, 6.45) is 0. The van der Waals surface area contributed by atoms with Crippen molar-refractivity contribution in [2.24, 2.45) is 0 Å². The molecule has 0 atom stereocenters. The third kappa shape index (κ3) is 1.40. The number of benzene rings is 2. The van der Waals surface area contributed by atoms with Crippen molar-refractivity contribution in [2.45, 2.75) is 6.92 Å². The highest BCUT2D eigenvalue weighted by Gasteiger charge is 2.21. The summed E-state index contributed by atoms with van der Waals surface area (Å²) in [5.41, 5.74) is 5.48. The van der Waals surface area contributed by atoms with E-state index in [9.17, 15) is 0 Å². The van der Waals surface area contributed by atoms with E-state index in [1.165, 1.54) is 0 Å². The lowest BCUT2D eigenvalue weighted by Gasteiger charge is -1.92. The highest BCUT2D eigenvalue weighted by atomic mass is 15.6. The Balaban J connectivity index is 2.08. The largest absolute Gasteiger partial charge is 0.209 e. The number of rotatable bonds is 1. The number of H-pyrrole nitrogens is 1. The second-order valence-electron chi connectivity index (χ2n) is 4.63. The highest BCUT2D eigenvalue weighted by Crippen LogP contribution is 2.19. The second-order valence-corrected chi connectivity index (χ2v) is 4.63. The van der Waals surface area contributed by atoms with E-state index >= 15 is 0 Å². The first kappa shape index (κ1) is 10.3. The van der Waals surface area contributed by atoms with Crippen molar-refractivity contribution < 1.29 is 4.52 Å². The van der Waals surface area contributed by atoms with Crippen LogP contribution in [0.1, 0.15) is 5.69 Å². The number of nitrogens with zero attached hydrogens (tertiary/aromatic N) is 3. The molecule has 0 amide bonds. The van der Waals surface area contributed by atoms with Crippen LogP contribution in [0.15, 0.2) is 54.6 Å². The molecule has 0 spiro atoms. The Morgan fingerprint density at radius 3 is 2.58 bits per heavy atom. The van der Waals surface area contributed by atoms with Crippen molar-refractivity contribution in [1.29, 1.82) is 0 Å². The molecule has 2 heterocycles. The zero-order valence-corrected chi connectivity index (χ0v) is 10.5. The van der Waals surface area contributed by atoms with E-state index in [1.54, 1.807) is 4.74 Å². The number of hydrogen-bond donors (Lipinski definition) is 1. The van der Waals surface area contributed by atoms with Gasteiger partial charge in [-0.3, -0.25) is 0 Å². The third-order valence-electron chi connectivity index (χ3n) is 3.44. The van der Waals surface area contributed by atoms with Gasteiger partial charge in [0, 0.05) is 10.7 Å². The molecule has 4 aromatic rings. The molecule has 0 bridgehead atoms. The van der Waals surface area contributed by atoms with Gasteiger partial charge in [-0.15, -0.1) is 4.52 Å². The molecule has 1 N–H and O–H groups in total. The lowest BCUT2D eigenvalue weighted by molar-refractivity contribution is -0.604. The van der Waals surface area contributed by atoms with Gasteiger partial charge in [0.2, 0.25) is 5.69 Å². The van der Waals surface area contributed by atoms with Gasteiger partial charge < -0.3 is 0 Å². The fraction of sp³-hybridized carbons (Fsp3) is 0.0667. The summed E-state index contributed by atoms with van der Waals surface area (Å²) in [6.45, 7) is 2.09. The fourth-order valence-corrected chi connectivity index (χ4v) is 2.54. The molecule has 0 aliphatic carbocycles. The molecule has 2 aromatic heterocycles. The van der Waals surface area contributed by atoms with Gasteiger partial charge in [0.05, 0.1) is 4.74 Å². The van der Waals surface area contributed by atoms with Crippen molar-refractivity contribution in [2.75, 3.05) is 0 Å². The standard InChI is InChI=1S/C15H13N4/c1-11-15(12-7-3-2-4-8-12)17-19-16-13-9-5-6-10-14(13)18(11)19/h2-10H,1H3,(H,16,17)/q+1. The molecule has 92 valence electrons. The SMILES string of the molecule is Cc1c(-c2ccccc2)nn2[nH]c3ccccc3[n+]12. The number of aromatic amines is 1. The maximum atomic E-state index is 4.64. The molecule has 0 aliphatic rings. The lowest BCUT2D eigenvalue weighted by Crippen LogP contribution is -2.28. The van der Waals surface area contributed by atoms with Gasteiger partial charge in [-0.05, 0) is 19.1 Å². The number of hydrogen-bond acceptors (Lipinski definition) is 1. The van der Waals surface area contributed by atoms with Crippen LogP contribution in [0.4, 0.5) is 0 Å². The van der Waals surface area contributed by atoms with Crippen molar-refractivity contribution in [3.05, 3.63) is 60.3 Å². The summed E-state index contributed by atoms with van der Waals surface area (Å²) in [5, 5.41) is 7.92. The number of aryl methyl sites for hydroxylation is 1. The molecular weight excluding hydrogens is 236 g/mol. The first-order valence-corrected chi connectivity index (χ1v) is 6.28. The molecule has 0 radical (unpaired) electrons. The van der Waals surface area contributed by atoms with Gasteiger partial charge in [-0.1, -0.05) is 42.5 Å². The first-order valence-electron chi connectivity index (χ1n) is 6.28. The van der Waals surface area contributed by atoms with Crippen LogP contribution >= 0.6 is 0 Å². The van der Waals surface area contributed by atoms with Gasteiger partial charge in [-0.2, -0.15) is 5.10 Å². The summed E-state index contributed by atoms with van der Waals surface area (Å²) in [6, 6.07) is 18.5. The number of nitrogens with one attached hydrogen (secondary N) is 1. The minimum Gasteiger partial charge on any atom is -0.171 e. The summed E-state index contributed by atoms with van der Waals surface area (Å²) >= 11 is 0. The first-order chi connectivity index (χ1) is 9.34. The van der Waals surface area contributed by atoms with Crippen LogP contribution in [-0.4, -0.2) is 14.9 Å². The van der Waals surface area contributed by atoms with E-state index in [0.29, 0.717) is 0 Å². The van der Waals surface area contributed by atoms with Crippen LogP contribution in [-0.2, 0) is 0 Å². The molecule has 4 nitrogen and oxygen atoms in total. The van der Waals surface area contributed by atoms with Crippen LogP contribution in [0, 0.1) is 6.92 Å². The minimum atomic E-state index is 1.00. The predicted molar refractivity (Wildman–Crippen MR) is 72.9 cm³/mol. The zero-order chi connectivity index (χ0) is 12.8. The summed E-state index contributed by atoms with van der Waals surface area (Å²) < 4.78 is 3.89. The maximum absolute atomic E-state index is 4.64. The van der Waals surface area contributed by atoms with Crippen LogP contribution in [0.3, 0.4) is 0 Å². The molecular formula is C15H13N4+. The molecule has 0 saturated carbocycles. The van der Waals surface area contributed by atoms with E-state index in [1.807, 2.05) is 30.3 Å². The molecule has 0 saturated heterocycles. The van der Waals surface area contributed by atoms with Gasteiger partial charge in [-0.25, -0.2) is 0 Å². The summed E-state index contributed by atoms with van der Waals surface area (Å²) in [7, 11) is 0. The number of fused-ring (bicyclic) bond motifs is 3. The molecule has 2 aromatic carbocycles. The van der Waals surface area contributed by atoms with E-state index in [0.717, 1.165) is 28.0 Å². The Hall–Kier alpha value is -2.62. The van der Waals surface area contributed by atoms with E-state index in [2.05, 4.69) is 45.9 Å². The van der Waals surface area contributed by atoms with Gasteiger partial charge in [0.25, 0.3) is 0 Å². The monoisotopic (exact) mass is 249 g/mol. The van der Waals surface area contributed by atoms with E-state index in [4.69, 9.17) is 0 Å². The van der Waals surface area contributed by atoms with E-state index in [-0.39, 0.29) is 0 Å². The van der Waals surface area contributed by atoms with Crippen LogP contribution < -0.4 is 4.52 Å². The summed E-state index contributed by atoms with van der Waals surface area (Å²) in [5.74, 6) is 0. The zero-order valence-electron chi connectivity index (χ0n) is 10.5. The Morgan fingerprint density at radius 2 is 1.74 bits per heavy atom. The highest BCUT2D eigenvalue weighted by molar-refractivity contribution is 5.70. The lowest BCUT2D eigenvalue weighted by atomic mass is 10.1. The van der Waals surface area contributed by atoms with Crippen molar-refractivity contribution in [1.82, 2.24) is 14.9 Å². The van der Waals surface area contributed by atoms with Gasteiger partial charge in [0.1, 0.15) is 5.69 Å². The number of para-hydroxylation sites is 2. The van der Waals surface area contributed by atoms with Crippen molar-refractivity contribution in [3.63, 3.8) is 0 Å². The molecule has 19 heavy (non-hydrogen) atoms. The Labute approximate surface area is 109 Å². The predicted octanol–water partition coefficient (Wildman–Crippen LogP) is 2.38. The molecule has 0 fully saturated rings. The molecule has 0 aliphatic heterocycles. The molecule has 0 unspecified atom stereocenters. The fourth-order valence-electron chi connectivity index (χ4n) is 2.54. The summed E-state index contributed by atoms with van der Waals surface area (Å²) in [4.78, 5) is 0. The van der Waals surface area contributed by atoms with E-state index < -0.39 is 0 Å². The van der Waals surface area contributed by atoms with Gasteiger partial charge in [0.15, 0.2) is 11.0 Å². The van der Waals surface area contributed by atoms with Crippen LogP contribution in [0.2, 0.25) is 0 Å². The van der Waals surface area contributed by atoms with Crippen LogP contribution in [0.25, 0.3) is 22.3 Å². The Kier molecular flexibility index (Phi) is 2.00. The number of aromatic nitrogens is 4. The topological polar surface area (TPSA) is 37.2 Å². The molecule has 4 rings (SSSR count). The second kappa shape index (κ2) is 3.68. The third-order valence-corrected chi connectivity index (χ3v) is 3.44. The van der Waals surface area contributed by atoms with Gasteiger partial charge >= 0.3 is 0 Å². The average Bonchev–Trinajstić information content (AvgIpc) is 2.97. The Morgan fingerprint density at radius 1 is 1.00 bits per heavy atom. The van der Waals surface area contributed by atoms with Crippen molar-refractivity contribution >= 4 is 11.0 Å². The molecule has 4 heteroatoms. The quantitative estimate of drug-likeness (QED) is 0.517. The van der Waals surface area contributed by atoms with Crippen LogP contribution in [0.5, 0.6) is 0 Å². The minimum absolute atomic E-state index is 1.00. The normalized spacial score (nSPS) is 11.4. The smallest absolute Gasteiger partial charge is 0.171 e. The van der Waals surface area contributed by atoms with Crippen molar-refractivity contribution in [3.8, 4) is 11.3 Å². The maximum Gasteiger partial charge on any atom is 0.209 e. The Bertz CT molecular complexity index is 871. The average molecular weight is 249 g/mol.